The maximum Gasteiger partial charge on any atom is 0.233 e. The van der Waals surface area contributed by atoms with Gasteiger partial charge in [-0.05, 0) is 42.2 Å². The molecule has 2 amide bonds. The lowest BCUT2D eigenvalue weighted by Crippen LogP contribution is -2.29. The second-order valence-corrected chi connectivity index (χ2v) is 5.46. The molecule has 0 atom stereocenters. The Kier molecular flexibility index (Phi) is 6.49. The Hall–Kier alpha value is -2.69. The maximum absolute atomic E-state index is 12.8. The maximum atomic E-state index is 12.8. The van der Waals surface area contributed by atoms with Gasteiger partial charge in [0.15, 0.2) is 0 Å². The molecular formula is C19H21FN2O2. The number of halogens is 1. The molecule has 126 valence electrons. The fourth-order valence-corrected chi connectivity index (χ4v) is 2.35. The van der Waals surface area contributed by atoms with Crippen molar-refractivity contribution in [3.05, 3.63) is 65.5 Å². The lowest BCUT2D eigenvalue weighted by atomic mass is 10.1. The van der Waals surface area contributed by atoms with Gasteiger partial charge in [-0.15, -0.1) is 0 Å². The number of amides is 2. The van der Waals surface area contributed by atoms with Crippen LogP contribution in [-0.2, 0) is 22.4 Å². The molecule has 4 nitrogen and oxygen atoms in total. The summed E-state index contributed by atoms with van der Waals surface area (Å²) in [5.41, 5.74) is 2.70. The van der Waals surface area contributed by atoms with E-state index in [2.05, 4.69) is 10.6 Å². The molecule has 5 heteroatoms. The average molecular weight is 328 g/mol. The molecule has 2 aromatic carbocycles. The van der Waals surface area contributed by atoms with Crippen LogP contribution in [0.3, 0.4) is 0 Å². The summed E-state index contributed by atoms with van der Waals surface area (Å²) in [6.07, 6.45) is 1.17. The number of hydrogen-bond acceptors (Lipinski definition) is 2. The van der Waals surface area contributed by atoms with Crippen LogP contribution in [0.2, 0.25) is 0 Å². The number of nitrogens with one attached hydrogen (secondary N) is 2. The van der Waals surface area contributed by atoms with E-state index in [-0.39, 0.29) is 24.1 Å². The summed E-state index contributed by atoms with van der Waals surface area (Å²) >= 11 is 0. The highest BCUT2D eigenvalue weighted by Crippen LogP contribution is 2.15. The van der Waals surface area contributed by atoms with Gasteiger partial charge in [0.25, 0.3) is 0 Å². The zero-order valence-corrected chi connectivity index (χ0v) is 13.6. The molecule has 0 spiro atoms. The van der Waals surface area contributed by atoms with E-state index in [4.69, 9.17) is 0 Å². The van der Waals surface area contributed by atoms with E-state index in [0.29, 0.717) is 13.0 Å². The molecule has 2 aromatic rings. The van der Waals surface area contributed by atoms with Gasteiger partial charge in [0.2, 0.25) is 11.8 Å². The van der Waals surface area contributed by atoms with Crippen molar-refractivity contribution in [1.82, 2.24) is 5.32 Å². The topological polar surface area (TPSA) is 58.2 Å². The van der Waals surface area contributed by atoms with Crippen LogP contribution in [0.4, 0.5) is 10.1 Å². The Balaban J connectivity index is 1.75. The van der Waals surface area contributed by atoms with Crippen LogP contribution in [0.1, 0.15) is 24.5 Å². The van der Waals surface area contributed by atoms with Crippen LogP contribution in [0.5, 0.6) is 0 Å². The van der Waals surface area contributed by atoms with E-state index in [1.807, 2.05) is 31.2 Å². The summed E-state index contributed by atoms with van der Waals surface area (Å²) in [4.78, 5) is 23.8. The normalized spacial score (nSPS) is 10.2. The van der Waals surface area contributed by atoms with E-state index in [0.717, 1.165) is 23.2 Å². The number of hydrogen-bond donors (Lipinski definition) is 2. The van der Waals surface area contributed by atoms with E-state index in [1.54, 1.807) is 12.1 Å². The van der Waals surface area contributed by atoms with Gasteiger partial charge in [-0.25, -0.2) is 4.39 Å². The zero-order valence-electron chi connectivity index (χ0n) is 13.6. The molecule has 0 radical (unpaired) electrons. The third kappa shape index (κ3) is 5.50. The molecule has 0 aliphatic heterocycles. The van der Waals surface area contributed by atoms with Gasteiger partial charge in [-0.3, -0.25) is 9.59 Å². The number of carbonyl (C=O) groups is 2. The Morgan fingerprint density at radius 3 is 2.42 bits per heavy atom. The number of anilines is 1. The molecular weight excluding hydrogens is 307 g/mol. The molecule has 2 rings (SSSR count). The Morgan fingerprint density at radius 2 is 1.71 bits per heavy atom. The van der Waals surface area contributed by atoms with Gasteiger partial charge in [-0.1, -0.05) is 37.3 Å². The van der Waals surface area contributed by atoms with Crippen molar-refractivity contribution in [3.63, 3.8) is 0 Å². The Morgan fingerprint density at radius 1 is 1.00 bits per heavy atom. The monoisotopic (exact) mass is 328 g/mol. The SMILES string of the molecule is CCc1ccccc1NC(=O)CC(=O)NCCc1ccc(F)cc1. The minimum absolute atomic E-state index is 0.221. The highest BCUT2D eigenvalue weighted by Gasteiger charge is 2.10. The smallest absolute Gasteiger partial charge is 0.233 e. The number of rotatable bonds is 7. The van der Waals surface area contributed by atoms with Crippen molar-refractivity contribution in [3.8, 4) is 0 Å². The summed E-state index contributed by atoms with van der Waals surface area (Å²) in [5.74, 6) is -0.953. The molecule has 2 N–H and O–H groups in total. The van der Waals surface area contributed by atoms with E-state index >= 15 is 0 Å². The first-order valence-electron chi connectivity index (χ1n) is 7.97. The molecule has 0 aromatic heterocycles. The van der Waals surface area contributed by atoms with E-state index in [9.17, 15) is 14.0 Å². The molecule has 0 aliphatic rings. The summed E-state index contributed by atoms with van der Waals surface area (Å²) in [6, 6.07) is 13.6. The standard InChI is InChI=1S/C19H21FN2O2/c1-2-15-5-3-4-6-17(15)22-19(24)13-18(23)21-12-11-14-7-9-16(20)10-8-14/h3-10H,2,11-13H2,1H3,(H,21,23)(H,22,24). The fourth-order valence-electron chi connectivity index (χ4n) is 2.35. The van der Waals surface area contributed by atoms with Crippen molar-refractivity contribution in [2.45, 2.75) is 26.2 Å². The second-order valence-electron chi connectivity index (χ2n) is 5.46. The zero-order chi connectivity index (χ0) is 17.4. The average Bonchev–Trinajstić information content (AvgIpc) is 2.57. The predicted octanol–water partition coefficient (Wildman–Crippen LogP) is 3.08. The van der Waals surface area contributed by atoms with Gasteiger partial charge in [-0.2, -0.15) is 0 Å². The number of carbonyl (C=O) groups excluding carboxylic acids is 2. The highest BCUT2D eigenvalue weighted by atomic mass is 19.1. The Bertz CT molecular complexity index is 699. The van der Waals surface area contributed by atoms with Crippen LogP contribution in [-0.4, -0.2) is 18.4 Å². The van der Waals surface area contributed by atoms with Crippen LogP contribution < -0.4 is 10.6 Å². The van der Waals surface area contributed by atoms with E-state index in [1.165, 1.54) is 12.1 Å². The first kappa shape index (κ1) is 17.7. The minimum Gasteiger partial charge on any atom is -0.355 e. The summed E-state index contributed by atoms with van der Waals surface area (Å²) in [7, 11) is 0. The van der Waals surface area contributed by atoms with Crippen molar-refractivity contribution < 1.29 is 14.0 Å². The van der Waals surface area contributed by atoms with Gasteiger partial charge in [0, 0.05) is 12.2 Å². The predicted molar refractivity (Wildman–Crippen MR) is 92.2 cm³/mol. The fraction of sp³-hybridized carbons (Fsp3) is 0.263. The highest BCUT2D eigenvalue weighted by molar-refractivity contribution is 6.03. The number of aryl methyl sites for hydroxylation is 1. The summed E-state index contributed by atoms with van der Waals surface area (Å²) in [5, 5.41) is 5.46. The van der Waals surface area contributed by atoms with E-state index < -0.39 is 0 Å². The molecule has 0 fully saturated rings. The van der Waals surface area contributed by atoms with Crippen molar-refractivity contribution >= 4 is 17.5 Å². The molecule has 24 heavy (non-hydrogen) atoms. The molecule has 0 unspecified atom stereocenters. The summed E-state index contributed by atoms with van der Waals surface area (Å²) < 4.78 is 12.8. The van der Waals surface area contributed by atoms with Crippen LogP contribution in [0.25, 0.3) is 0 Å². The van der Waals surface area contributed by atoms with Gasteiger partial charge in [0.05, 0.1) is 0 Å². The lowest BCUT2D eigenvalue weighted by molar-refractivity contribution is -0.126. The van der Waals surface area contributed by atoms with Crippen LogP contribution >= 0.6 is 0 Å². The molecule has 0 saturated heterocycles. The summed E-state index contributed by atoms with van der Waals surface area (Å²) in [6.45, 7) is 2.41. The minimum atomic E-state index is -0.338. The quantitative estimate of drug-likeness (QED) is 0.768. The van der Waals surface area contributed by atoms with Crippen molar-refractivity contribution in [1.29, 1.82) is 0 Å². The molecule has 0 saturated carbocycles. The second kappa shape index (κ2) is 8.82. The number of para-hydroxylation sites is 1. The third-order valence-electron chi connectivity index (χ3n) is 3.64. The van der Waals surface area contributed by atoms with Gasteiger partial charge in [0.1, 0.15) is 12.2 Å². The molecule has 0 aliphatic carbocycles. The van der Waals surface area contributed by atoms with Crippen molar-refractivity contribution in [2.24, 2.45) is 0 Å². The first-order valence-corrected chi connectivity index (χ1v) is 7.97. The molecule has 0 bridgehead atoms. The van der Waals surface area contributed by atoms with Crippen molar-refractivity contribution in [2.75, 3.05) is 11.9 Å². The lowest BCUT2D eigenvalue weighted by Gasteiger charge is -2.10. The largest absolute Gasteiger partial charge is 0.355 e. The molecule has 0 heterocycles. The van der Waals surface area contributed by atoms with Gasteiger partial charge >= 0.3 is 0 Å². The first-order chi connectivity index (χ1) is 11.6. The van der Waals surface area contributed by atoms with Crippen LogP contribution in [0.15, 0.2) is 48.5 Å². The van der Waals surface area contributed by atoms with Gasteiger partial charge < -0.3 is 10.6 Å². The Labute approximate surface area is 141 Å². The van der Waals surface area contributed by atoms with Crippen LogP contribution in [0, 0.1) is 5.82 Å². The third-order valence-corrected chi connectivity index (χ3v) is 3.64. The number of benzene rings is 2.